The summed E-state index contributed by atoms with van der Waals surface area (Å²) in [6.45, 7) is 9.04. The summed E-state index contributed by atoms with van der Waals surface area (Å²) in [6.07, 6.45) is 3.29. The molecule has 0 saturated carbocycles. The largest absolute Gasteiger partial charge is 0.382 e. The molecule has 20 heavy (non-hydrogen) atoms. The van der Waals surface area contributed by atoms with Crippen molar-refractivity contribution in [3.8, 4) is 0 Å². The van der Waals surface area contributed by atoms with Crippen molar-refractivity contribution >= 4 is 28.2 Å². The molecular weight excluding hydrogens is 272 g/mol. The Morgan fingerprint density at radius 3 is 2.60 bits per heavy atom. The number of hydrogen-bond acceptors (Lipinski definition) is 5. The van der Waals surface area contributed by atoms with Crippen LogP contribution in [0.4, 0.5) is 10.9 Å². The summed E-state index contributed by atoms with van der Waals surface area (Å²) in [5.74, 6) is 0.271. The first-order chi connectivity index (χ1) is 9.24. The molecule has 0 atom stereocenters. The van der Waals surface area contributed by atoms with Crippen LogP contribution in [0.15, 0.2) is 0 Å². The highest BCUT2D eigenvalue weighted by Gasteiger charge is 2.21. The van der Waals surface area contributed by atoms with Crippen molar-refractivity contribution in [2.75, 3.05) is 24.6 Å². The number of thiazole rings is 1. The Hall–Kier alpha value is -1.30. The summed E-state index contributed by atoms with van der Waals surface area (Å²) >= 11 is 1.32. The molecule has 6 heteroatoms. The van der Waals surface area contributed by atoms with Gasteiger partial charge in [-0.1, -0.05) is 31.1 Å². The molecule has 0 aliphatic carbocycles. The average molecular weight is 298 g/mol. The Labute approximate surface area is 125 Å². The first-order valence-electron chi connectivity index (χ1n) is 7.04. The van der Waals surface area contributed by atoms with Crippen molar-refractivity contribution in [2.24, 2.45) is 0 Å². The number of nitrogens with one attached hydrogen (secondary N) is 1. The standard InChI is InChI=1S/C14H26N4OS/c1-6-7-8-9-18(5)12(19)10-11(15)16-13(20-10)17-14(2,3)4/h6-9,15H2,1-5H3,(H,16,17). The normalized spacial score (nSPS) is 11.4. The number of nitrogen functional groups attached to an aromatic ring is 1. The molecule has 0 radical (unpaired) electrons. The van der Waals surface area contributed by atoms with E-state index in [9.17, 15) is 4.79 Å². The van der Waals surface area contributed by atoms with Crippen LogP contribution in [0.5, 0.6) is 0 Å². The Morgan fingerprint density at radius 2 is 2.05 bits per heavy atom. The molecule has 0 saturated heterocycles. The first kappa shape index (κ1) is 16.8. The van der Waals surface area contributed by atoms with Gasteiger partial charge in [-0.25, -0.2) is 4.98 Å². The zero-order valence-electron chi connectivity index (χ0n) is 13.1. The predicted molar refractivity (Wildman–Crippen MR) is 86.4 cm³/mol. The highest BCUT2D eigenvalue weighted by atomic mass is 32.1. The number of aromatic nitrogens is 1. The molecule has 1 rings (SSSR count). The zero-order chi connectivity index (χ0) is 15.3. The van der Waals surface area contributed by atoms with E-state index in [0.29, 0.717) is 15.8 Å². The minimum atomic E-state index is -0.0996. The number of unbranched alkanes of at least 4 members (excludes halogenated alkanes) is 2. The summed E-state index contributed by atoms with van der Waals surface area (Å²) < 4.78 is 0. The van der Waals surface area contributed by atoms with Crippen molar-refractivity contribution in [2.45, 2.75) is 52.5 Å². The fraction of sp³-hybridized carbons (Fsp3) is 0.714. The number of amides is 1. The third-order valence-corrected chi connectivity index (χ3v) is 3.75. The van der Waals surface area contributed by atoms with Gasteiger partial charge in [-0.15, -0.1) is 0 Å². The lowest BCUT2D eigenvalue weighted by atomic mass is 10.1. The lowest BCUT2D eigenvalue weighted by Crippen LogP contribution is -2.27. The molecular formula is C14H26N4OS. The van der Waals surface area contributed by atoms with E-state index < -0.39 is 0 Å². The molecule has 1 amide bonds. The summed E-state index contributed by atoms with van der Waals surface area (Å²) in [4.78, 5) is 18.8. The van der Waals surface area contributed by atoms with Crippen LogP contribution in [0.1, 0.15) is 56.6 Å². The average Bonchev–Trinajstić information content (AvgIpc) is 2.66. The van der Waals surface area contributed by atoms with Gasteiger partial charge in [0.15, 0.2) is 5.13 Å². The van der Waals surface area contributed by atoms with E-state index in [-0.39, 0.29) is 11.4 Å². The van der Waals surface area contributed by atoms with Crippen LogP contribution >= 0.6 is 11.3 Å². The van der Waals surface area contributed by atoms with Crippen LogP contribution in [0.2, 0.25) is 0 Å². The molecule has 1 aromatic rings. The van der Waals surface area contributed by atoms with Crippen LogP contribution in [-0.4, -0.2) is 34.9 Å². The molecule has 1 aromatic heterocycles. The van der Waals surface area contributed by atoms with Gasteiger partial charge in [0.2, 0.25) is 0 Å². The van der Waals surface area contributed by atoms with E-state index in [1.54, 1.807) is 4.90 Å². The Morgan fingerprint density at radius 1 is 1.40 bits per heavy atom. The molecule has 0 spiro atoms. The van der Waals surface area contributed by atoms with Gasteiger partial charge in [0.25, 0.3) is 5.91 Å². The summed E-state index contributed by atoms with van der Waals surface area (Å²) in [5, 5.41) is 3.94. The fourth-order valence-corrected chi connectivity index (χ4v) is 2.82. The van der Waals surface area contributed by atoms with Gasteiger partial charge >= 0.3 is 0 Å². The summed E-state index contributed by atoms with van der Waals surface area (Å²) in [6, 6.07) is 0. The lowest BCUT2D eigenvalue weighted by molar-refractivity contribution is 0.0798. The first-order valence-corrected chi connectivity index (χ1v) is 7.86. The molecule has 0 bridgehead atoms. The molecule has 114 valence electrons. The van der Waals surface area contributed by atoms with E-state index in [4.69, 9.17) is 5.73 Å². The fourth-order valence-electron chi connectivity index (χ4n) is 1.73. The maximum Gasteiger partial charge on any atom is 0.267 e. The van der Waals surface area contributed by atoms with E-state index in [0.717, 1.165) is 25.8 Å². The van der Waals surface area contributed by atoms with Crippen LogP contribution in [-0.2, 0) is 0 Å². The number of hydrogen-bond donors (Lipinski definition) is 2. The smallest absolute Gasteiger partial charge is 0.267 e. The second-order valence-corrected chi connectivity index (χ2v) is 7.04. The van der Waals surface area contributed by atoms with Crippen LogP contribution in [0.25, 0.3) is 0 Å². The number of nitrogens with zero attached hydrogens (tertiary/aromatic N) is 2. The minimum absolute atomic E-state index is 0.0435. The quantitative estimate of drug-likeness (QED) is 0.791. The maximum absolute atomic E-state index is 12.3. The molecule has 1 heterocycles. The Kier molecular flexibility index (Phi) is 5.80. The monoisotopic (exact) mass is 298 g/mol. The van der Waals surface area contributed by atoms with Crippen molar-refractivity contribution in [3.05, 3.63) is 4.88 Å². The topological polar surface area (TPSA) is 71.2 Å². The zero-order valence-corrected chi connectivity index (χ0v) is 13.9. The van der Waals surface area contributed by atoms with Gasteiger partial charge in [0.1, 0.15) is 10.7 Å². The van der Waals surface area contributed by atoms with Gasteiger partial charge in [-0.2, -0.15) is 0 Å². The van der Waals surface area contributed by atoms with Crippen molar-refractivity contribution < 1.29 is 4.79 Å². The molecule has 5 nitrogen and oxygen atoms in total. The molecule has 0 unspecified atom stereocenters. The Balaban J connectivity index is 2.73. The van der Waals surface area contributed by atoms with Crippen molar-refractivity contribution in [3.63, 3.8) is 0 Å². The second-order valence-electron chi connectivity index (χ2n) is 6.04. The highest BCUT2D eigenvalue weighted by Crippen LogP contribution is 2.28. The summed E-state index contributed by atoms with van der Waals surface area (Å²) in [7, 11) is 1.81. The van der Waals surface area contributed by atoms with Gasteiger partial charge < -0.3 is 16.0 Å². The van der Waals surface area contributed by atoms with Crippen LogP contribution in [0.3, 0.4) is 0 Å². The second kappa shape index (κ2) is 6.92. The SMILES string of the molecule is CCCCCN(C)C(=O)c1sc(NC(C)(C)C)nc1N. The molecule has 0 aliphatic rings. The van der Waals surface area contributed by atoms with Crippen LogP contribution < -0.4 is 11.1 Å². The van der Waals surface area contributed by atoms with E-state index >= 15 is 0 Å². The van der Waals surface area contributed by atoms with Crippen molar-refractivity contribution in [1.29, 1.82) is 0 Å². The van der Waals surface area contributed by atoms with E-state index in [1.807, 2.05) is 27.8 Å². The van der Waals surface area contributed by atoms with E-state index in [1.165, 1.54) is 11.3 Å². The number of nitrogens with two attached hydrogens (primary N) is 1. The van der Waals surface area contributed by atoms with E-state index in [2.05, 4.69) is 17.2 Å². The van der Waals surface area contributed by atoms with Gasteiger partial charge in [0, 0.05) is 19.1 Å². The molecule has 0 fully saturated rings. The van der Waals surface area contributed by atoms with Gasteiger partial charge in [-0.3, -0.25) is 4.79 Å². The highest BCUT2D eigenvalue weighted by molar-refractivity contribution is 7.18. The summed E-state index contributed by atoms with van der Waals surface area (Å²) in [5.41, 5.74) is 5.77. The molecule has 0 aliphatic heterocycles. The predicted octanol–water partition coefficient (Wildman–Crippen LogP) is 3.20. The molecule has 0 aromatic carbocycles. The van der Waals surface area contributed by atoms with Crippen LogP contribution in [0, 0.1) is 0 Å². The number of carbonyl (C=O) groups is 1. The van der Waals surface area contributed by atoms with Crippen molar-refractivity contribution in [1.82, 2.24) is 9.88 Å². The van der Waals surface area contributed by atoms with Gasteiger partial charge in [-0.05, 0) is 27.2 Å². The third-order valence-electron chi connectivity index (χ3n) is 2.77. The maximum atomic E-state index is 12.3. The molecule has 3 N–H and O–H groups in total. The minimum Gasteiger partial charge on any atom is -0.382 e. The number of carbonyl (C=O) groups excluding carboxylic acids is 1. The number of anilines is 2. The van der Waals surface area contributed by atoms with Gasteiger partial charge in [0.05, 0.1) is 0 Å². The lowest BCUT2D eigenvalue weighted by Gasteiger charge is -2.19. The Bertz CT molecular complexity index is 451. The number of rotatable bonds is 6. The third kappa shape index (κ3) is 5.00.